The van der Waals surface area contributed by atoms with Gasteiger partial charge in [0, 0.05) is 56.6 Å². The van der Waals surface area contributed by atoms with Crippen LogP contribution < -0.4 is 15.8 Å². The van der Waals surface area contributed by atoms with E-state index in [0.29, 0.717) is 22.8 Å². The van der Waals surface area contributed by atoms with Gasteiger partial charge >= 0.3 is 0 Å². The number of pyridine rings is 1. The number of piperazine rings is 1. The molecular formula is C24H32N6O2. The van der Waals surface area contributed by atoms with Crippen LogP contribution in [0.15, 0.2) is 41.5 Å². The molecule has 1 atom stereocenters. The van der Waals surface area contributed by atoms with E-state index in [2.05, 4.69) is 58.2 Å². The third-order valence-electron chi connectivity index (χ3n) is 6.13. The fourth-order valence-electron chi connectivity index (χ4n) is 4.09. The molecule has 1 fully saturated rings. The lowest BCUT2D eigenvalue weighted by Gasteiger charge is -2.38. The van der Waals surface area contributed by atoms with Crippen LogP contribution in [-0.4, -0.2) is 69.4 Å². The first-order chi connectivity index (χ1) is 15.4. The Morgan fingerprint density at radius 3 is 2.41 bits per heavy atom. The molecule has 3 aromatic rings. The van der Waals surface area contributed by atoms with Crippen LogP contribution in [0.4, 0.5) is 11.5 Å². The van der Waals surface area contributed by atoms with Crippen LogP contribution in [0, 0.1) is 0 Å². The number of benzene rings is 1. The Morgan fingerprint density at radius 1 is 1.09 bits per heavy atom. The molecule has 0 bridgehead atoms. The number of aliphatic hydroxyl groups is 1. The number of aliphatic hydroxyl groups excluding tert-OH is 1. The van der Waals surface area contributed by atoms with Gasteiger partial charge < -0.3 is 19.9 Å². The number of fused-ring (bicyclic) bond motifs is 1. The largest absolute Gasteiger partial charge is 0.394 e. The predicted molar refractivity (Wildman–Crippen MR) is 129 cm³/mol. The molecule has 1 aliphatic rings. The minimum Gasteiger partial charge on any atom is -0.394 e. The molecule has 0 amide bonds. The van der Waals surface area contributed by atoms with Crippen LogP contribution in [0.25, 0.3) is 22.2 Å². The lowest BCUT2D eigenvalue weighted by atomic mass is 10.1. The summed E-state index contributed by atoms with van der Waals surface area (Å²) in [5.74, 6) is 0.446. The Kier molecular flexibility index (Phi) is 6.43. The zero-order chi connectivity index (χ0) is 22.8. The minimum atomic E-state index is -0.238. The number of nitrogens with zero attached hydrogens (tertiary/aromatic N) is 5. The van der Waals surface area contributed by atoms with E-state index in [0.717, 1.165) is 37.4 Å². The normalized spacial score (nSPS) is 16.0. The molecule has 2 N–H and O–H groups in total. The number of aryl methyl sites for hydroxylation is 1. The monoisotopic (exact) mass is 436 g/mol. The van der Waals surface area contributed by atoms with Gasteiger partial charge in [-0.1, -0.05) is 12.1 Å². The molecule has 1 unspecified atom stereocenters. The third kappa shape index (κ3) is 4.47. The van der Waals surface area contributed by atoms with Crippen molar-refractivity contribution >= 4 is 22.4 Å². The van der Waals surface area contributed by atoms with Crippen LogP contribution in [0.5, 0.6) is 0 Å². The topological polar surface area (TPSA) is 86.5 Å². The second-order valence-electron chi connectivity index (χ2n) is 8.80. The van der Waals surface area contributed by atoms with Crippen molar-refractivity contribution in [1.82, 2.24) is 19.4 Å². The smallest absolute Gasteiger partial charge is 0.264 e. The first-order valence-corrected chi connectivity index (χ1v) is 11.2. The lowest BCUT2D eigenvalue weighted by Crippen LogP contribution is -2.48. The van der Waals surface area contributed by atoms with Crippen molar-refractivity contribution in [1.29, 1.82) is 0 Å². The van der Waals surface area contributed by atoms with E-state index in [1.165, 1.54) is 16.6 Å². The van der Waals surface area contributed by atoms with Crippen LogP contribution in [0.3, 0.4) is 0 Å². The Labute approximate surface area is 188 Å². The van der Waals surface area contributed by atoms with E-state index in [1.54, 1.807) is 7.05 Å². The fourth-order valence-corrected chi connectivity index (χ4v) is 4.09. The van der Waals surface area contributed by atoms with Crippen molar-refractivity contribution in [2.24, 2.45) is 7.05 Å². The van der Waals surface area contributed by atoms with Crippen LogP contribution >= 0.6 is 0 Å². The minimum absolute atomic E-state index is 0.0627. The summed E-state index contributed by atoms with van der Waals surface area (Å²) in [5.41, 5.74) is 3.31. The van der Waals surface area contributed by atoms with Gasteiger partial charge in [0.25, 0.3) is 5.56 Å². The summed E-state index contributed by atoms with van der Waals surface area (Å²) in [6.07, 6.45) is 1.52. The van der Waals surface area contributed by atoms with Crippen LogP contribution in [0.1, 0.15) is 20.8 Å². The third-order valence-corrected chi connectivity index (χ3v) is 6.13. The molecule has 8 nitrogen and oxygen atoms in total. The molecule has 1 saturated heterocycles. The van der Waals surface area contributed by atoms with Gasteiger partial charge in [0.05, 0.1) is 24.1 Å². The maximum absolute atomic E-state index is 12.7. The van der Waals surface area contributed by atoms with Gasteiger partial charge in [-0.15, -0.1) is 0 Å². The average Bonchev–Trinajstić information content (AvgIpc) is 2.81. The molecule has 170 valence electrons. The van der Waals surface area contributed by atoms with Gasteiger partial charge in [-0.2, -0.15) is 0 Å². The summed E-state index contributed by atoms with van der Waals surface area (Å²) in [7, 11) is 1.67. The van der Waals surface area contributed by atoms with Gasteiger partial charge in [0.2, 0.25) is 0 Å². The Hall–Kier alpha value is -2.97. The lowest BCUT2D eigenvalue weighted by molar-refractivity contribution is 0.209. The molecule has 0 spiro atoms. The number of hydrogen-bond acceptors (Lipinski definition) is 7. The molecular weight excluding hydrogens is 404 g/mol. The van der Waals surface area contributed by atoms with Gasteiger partial charge in [-0.3, -0.25) is 9.69 Å². The molecule has 1 aromatic carbocycles. The summed E-state index contributed by atoms with van der Waals surface area (Å²) in [5, 5.41) is 13.1. The van der Waals surface area contributed by atoms with E-state index in [1.807, 2.05) is 13.0 Å². The first kappa shape index (κ1) is 22.2. The van der Waals surface area contributed by atoms with Gasteiger partial charge in [0.1, 0.15) is 11.2 Å². The molecule has 0 saturated carbocycles. The van der Waals surface area contributed by atoms with Crippen molar-refractivity contribution in [3.8, 4) is 11.3 Å². The summed E-state index contributed by atoms with van der Waals surface area (Å²) < 4.78 is 1.44. The van der Waals surface area contributed by atoms with E-state index >= 15 is 0 Å². The predicted octanol–water partition coefficient (Wildman–Crippen LogP) is 2.32. The molecule has 4 rings (SSSR count). The molecule has 2 aromatic heterocycles. The maximum atomic E-state index is 12.7. The standard InChI is InChI=1S/C24H32N6O2/c1-16(2)29-9-11-30(12-10-29)19-7-5-18(6-8-19)20-13-21-22(24(32)28(4)15-25-21)23(27-20)26-17(3)14-31/h5-8,13,15-17,31H,9-12,14H2,1-4H3,(H,26,27). The van der Waals surface area contributed by atoms with E-state index in [9.17, 15) is 9.90 Å². The van der Waals surface area contributed by atoms with E-state index in [4.69, 9.17) is 4.98 Å². The molecule has 3 heterocycles. The van der Waals surface area contributed by atoms with Crippen molar-refractivity contribution in [2.75, 3.05) is 43.0 Å². The number of anilines is 2. The zero-order valence-corrected chi connectivity index (χ0v) is 19.2. The van der Waals surface area contributed by atoms with E-state index in [-0.39, 0.29) is 18.2 Å². The highest BCUT2D eigenvalue weighted by atomic mass is 16.3. The number of aromatic nitrogens is 3. The summed E-state index contributed by atoms with van der Waals surface area (Å²) in [6.45, 7) is 10.5. The van der Waals surface area contributed by atoms with Gasteiger partial charge in [-0.25, -0.2) is 9.97 Å². The number of hydrogen-bond donors (Lipinski definition) is 2. The van der Waals surface area contributed by atoms with Crippen molar-refractivity contribution in [3.63, 3.8) is 0 Å². The summed E-state index contributed by atoms with van der Waals surface area (Å²) in [6, 6.07) is 10.6. The van der Waals surface area contributed by atoms with Crippen LogP contribution in [-0.2, 0) is 7.05 Å². The SMILES string of the molecule is CC(CO)Nc1nc(-c2ccc(N3CCN(C(C)C)CC3)cc2)cc2ncn(C)c(=O)c12. The summed E-state index contributed by atoms with van der Waals surface area (Å²) in [4.78, 5) is 26.8. The Bertz CT molecular complexity index is 1130. The van der Waals surface area contributed by atoms with Crippen LogP contribution in [0.2, 0.25) is 0 Å². The highest BCUT2D eigenvalue weighted by Crippen LogP contribution is 2.27. The number of rotatable bonds is 6. The molecule has 32 heavy (non-hydrogen) atoms. The van der Waals surface area contributed by atoms with Gasteiger partial charge in [0.15, 0.2) is 0 Å². The molecule has 0 aliphatic carbocycles. The van der Waals surface area contributed by atoms with Crippen molar-refractivity contribution in [2.45, 2.75) is 32.9 Å². The molecule has 8 heteroatoms. The second-order valence-corrected chi connectivity index (χ2v) is 8.80. The Morgan fingerprint density at radius 2 is 1.78 bits per heavy atom. The maximum Gasteiger partial charge on any atom is 0.264 e. The second kappa shape index (κ2) is 9.26. The van der Waals surface area contributed by atoms with Gasteiger partial charge in [-0.05, 0) is 39.0 Å². The molecule has 1 aliphatic heterocycles. The average molecular weight is 437 g/mol. The fraction of sp³-hybridized carbons (Fsp3) is 0.458. The van der Waals surface area contributed by atoms with Crippen molar-refractivity contribution < 1.29 is 5.11 Å². The Balaban J connectivity index is 1.65. The highest BCUT2D eigenvalue weighted by molar-refractivity contribution is 5.91. The summed E-state index contributed by atoms with van der Waals surface area (Å²) >= 11 is 0. The van der Waals surface area contributed by atoms with Crippen molar-refractivity contribution in [3.05, 3.63) is 47.0 Å². The zero-order valence-electron chi connectivity index (χ0n) is 19.2. The number of nitrogens with one attached hydrogen (secondary N) is 1. The highest BCUT2D eigenvalue weighted by Gasteiger charge is 2.19. The first-order valence-electron chi connectivity index (χ1n) is 11.2. The quantitative estimate of drug-likeness (QED) is 0.613. The van der Waals surface area contributed by atoms with E-state index < -0.39 is 0 Å². The molecule has 0 radical (unpaired) electrons.